The molecule has 0 amide bonds. The number of hydrogen-bond acceptors (Lipinski definition) is 0. The van der Waals surface area contributed by atoms with Crippen LogP contribution < -0.4 is 0 Å². The zero-order valence-electron chi connectivity index (χ0n) is 8.30. The van der Waals surface area contributed by atoms with Crippen molar-refractivity contribution in [3.05, 3.63) is 58.9 Å². The molecule has 2 aromatic carbocycles. The van der Waals surface area contributed by atoms with Crippen molar-refractivity contribution >= 4 is 11.6 Å². The van der Waals surface area contributed by atoms with Crippen molar-refractivity contribution in [3.63, 3.8) is 0 Å². The lowest BCUT2D eigenvalue weighted by Crippen LogP contribution is -1.82. The topological polar surface area (TPSA) is 0 Å². The van der Waals surface area contributed by atoms with Gasteiger partial charge in [0.2, 0.25) is 0 Å². The molecule has 0 fully saturated rings. The summed E-state index contributed by atoms with van der Waals surface area (Å²) in [7, 11) is 0. The summed E-state index contributed by atoms with van der Waals surface area (Å²) in [5, 5.41) is 0.159. The molecule has 0 N–H and O–H groups in total. The van der Waals surface area contributed by atoms with Crippen LogP contribution in [-0.2, 0) is 0 Å². The maximum absolute atomic E-state index is 13.2. The van der Waals surface area contributed by atoms with Gasteiger partial charge in [0.1, 0.15) is 5.82 Å². The molecule has 0 saturated carbocycles. The van der Waals surface area contributed by atoms with Gasteiger partial charge in [-0.1, -0.05) is 47.5 Å². The summed E-state index contributed by atoms with van der Waals surface area (Å²) < 4.78 is 13.2. The van der Waals surface area contributed by atoms with Crippen LogP contribution in [-0.4, -0.2) is 0 Å². The first-order valence-electron chi connectivity index (χ1n) is 4.69. The molecule has 0 saturated heterocycles. The third kappa shape index (κ3) is 2.18. The Morgan fingerprint density at radius 2 is 1.73 bits per heavy atom. The van der Waals surface area contributed by atoms with Gasteiger partial charge in [0.25, 0.3) is 0 Å². The first-order valence-corrected chi connectivity index (χ1v) is 5.07. The van der Waals surface area contributed by atoms with Crippen LogP contribution in [0.2, 0.25) is 5.02 Å². The van der Waals surface area contributed by atoms with Crippen LogP contribution in [0.5, 0.6) is 0 Å². The van der Waals surface area contributed by atoms with Crippen molar-refractivity contribution in [1.29, 1.82) is 0 Å². The van der Waals surface area contributed by atoms with Gasteiger partial charge in [-0.2, -0.15) is 0 Å². The van der Waals surface area contributed by atoms with Gasteiger partial charge in [-0.3, -0.25) is 0 Å². The molecule has 0 atom stereocenters. The predicted octanol–water partition coefficient (Wildman–Crippen LogP) is 4.45. The molecule has 0 unspecified atom stereocenters. The summed E-state index contributed by atoms with van der Waals surface area (Å²) in [5.74, 6) is -0.379. The van der Waals surface area contributed by atoms with Gasteiger partial charge < -0.3 is 0 Å². The Morgan fingerprint density at radius 1 is 1.00 bits per heavy atom. The molecule has 76 valence electrons. The van der Waals surface area contributed by atoms with Crippen LogP contribution in [0.1, 0.15) is 5.56 Å². The van der Waals surface area contributed by atoms with Crippen LogP contribution in [0.3, 0.4) is 0 Å². The van der Waals surface area contributed by atoms with Crippen molar-refractivity contribution in [2.24, 2.45) is 0 Å². The lowest BCUT2D eigenvalue weighted by Gasteiger charge is -2.03. The fraction of sp³-hybridized carbons (Fsp3) is 0.0769. The van der Waals surface area contributed by atoms with Crippen molar-refractivity contribution in [2.45, 2.75) is 6.92 Å². The van der Waals surface area contributed by atoms with E-state index in [9.17, 15) is 4.39 Å². The van der Waals surface area contributed by atoms with Gasteiger partial charge in [0.05, 0.1) is 5.02 Å². The van der Waals surface area contributed by atoms with E-state index in [0.717, 1.165) is 16.7 Å². The Kier molecular flexibility index (Phi) is 2.74. The maximum atomic E-state index is 13.2. The lowest BCUT2D eigenvalue weighted by atomic mass is 10.0. The second-order valence-electron chi connectivity index (χ2n) is 3.50. The highest BCUT2D eigenvalue weighted by Gasteiger charge is 2.02. The molecule has 2 rings (SSSR count). The highest BCUT2D eigenvalue weighted by Crippen LogP contribution is 2.24. The van der Waals surface area contributed by atoms with E-state index < -0.39 is 0 Å². The molecule has 0 nitrogen and oxygen atoms in total. The maximum Gasteiger partial charge on any atom is 0.142 e. The smallest absolute Gasteiger partial charge is 0.142 e. The van der Waals surface area contributed by atoms with Crippen molar-refractivity contribution in [1.82, 2.24) is 0 Å². The first kappa shape index (κ1) is 10.2. The average molecular weight is 221 g/mol. The summed E-state index contributed by atoms with van der Waals surface area (Å²) >= 11 is 5.62. The zero-order chi connectivity index (χ0) is 10.8. The molecule has 0 heterocycles. The molecule has 2 heteroatoms. The molecule has 0 aliphatic rings. The molecular formula is C13H10ClF. The molecule has 0 aliphatic heterocycles. The Bertz CT molecular complexity index is 492. The highest BCUT2D eigenvalue weighted by molar-refractivity contribution is 6.30. The van der Waals surface area contributed by atoms with Crippen LogP contribution >= 0.6 is 11.6 Å². The molecule has 0 spiro atoms. The zero-order valence-corrected chi connectivity index (χ0v) is 9.05. The number of rotatable bonds is 1. The Morgan fingerprint density at radius 3 is 2.40 bits per heavy atom. The summed E-state index contributed by atoms with van der Waals surface area (Å²) in [6, 6.07) is 12.8. The highest BCUT2D eigenvalue weighted by atomic mass is 35.5. The third-order valence-electron chi connectivity index (χ3n) is 2.27. The van der Waals surface area contributed by atoms with E-state index in [1.807, 2.05) is 37.3 Å². The van der Waals surface area contributed by atoms with E-state index in [4.69, 9.17) is 11.6 Å². The lowest BCUT2D eigenvalue weighted by molar-refractivity contribution is 0.629. The Hall–Kier alpha value is -1.34. The Balaban J connectivity index is 2.50. The predicted molar refractivity (Wildman–Crippen MR) is 61.6 cm³/mol. The quantitative estimate of drug-likeness (QED) is 0.666. The van der Waals surface area contributed by atoms with Crippen LogP contribution in [0.15, 0.2) is 42.5 Å². The van der Waals surface area contributed by atoms with Gasteiger partial charge in [-0.05, 0) is 30.2 Å². The normalized spacial score (nSPS) is 10.3. The van der Waals surface area contributed by atoms with Crippen molar-refractivity contribution < 1.29 is 4.39 Å². The van der Waals surface area contributed by atoms with Gasteiger partial charge in [0.15, 0.2) is 0 Å². The first-order chi connectivity index (χ1) is 7.16. The van der Waals surface area contributed by atoms with Gasteiger partial charge in [-0.25, -0.2) is 4.39 Å². The minimum Gasteiger partial charge on any atom is -0.205 e. The molecular weight excluding hydrogens is 211 g/mol. The van der Waals surface area contributed by atoms with Crippen molar-refractivity contribution in [2.75, 3.05) is 0 Å². The van der Waals surface area contributed by atoms with Crippen LogP contribution in [0, 0.1) is 12.7 Å². The number of halogens is 2. The monoisotopic (exact) mass is 220 g/mol. The Labute approximate surface area is 93.3 Å². The van der Waals surface area contributed by atoms with E-state index in [-0.39, 0.29) is 10.8 Å². The fourth-order valence-corrected chi connectivity index (χ4v) is 1.62. The average Bonchev–Trinajstić information content (AvgIpc) is 2.22. The fourth-order valence-electron chi connectivity index (χ4n) is 1.50. The summed E-state index contributed by atoms with van der Waals surface area (Å²) in [5.41, 5.74) is 3.01. The molecule has 0 aliphatic carbocycles. The molecule has 0 radical (unpaired) electrons. The second kappa shape index (κ2) is 4.03. The second-order valence-corrected chi connectivity index (χ2v) is 3.91. The van der Waals surface area contributed by atoms with Gasteiger partial charge in [-0.15, -0.1) is 0 Å². The SMILES string of the molecule is Cc1cccc(-c2ccc(Cl)c(F)c2)c1. The van der Waals surface area contributed by atoms with Gasteiger partial charge in [0, 0.05) is 0 Å². The minimum atomic E-state index is -0.379. The largest absolute Gasteiger partial charge is 0.205 e. The summed E-state index contributed by atoms with van der Waals surface area (Å²) in [4.78, 5) is 0. The minimum absolute atomic E-state index is 0.159. The van der Waals surface area contributed by atoms with E-state index in [0.29, 0.717) is 0 Å². The van der Waals surface area contributed by atoms with Crippen LogP contribution in [0.4, 0.5) is 4.39 Å². The molecule has 15 heavy (non-hydrogen) atoms. The number of hydrogen-bond donors (Lipinski definition) is 0. The number of aryl methyl sites for hydroxylation is 1. The summed E-state index contributed by atoms with van der Waals surface area (Å²) in [6.45, 7) is 2.01. The van der Waals surface area contributed by atoms with Crippen LogP contribution in [0.25, 0.3) is 11.1 Å². The van der Waals surface area contributed by atoms with E-state index in [1.54, 1.807) is 6.07 Å². The summed E-state index contributed by atoms with van der Waals surface area (Å²) in [6.07, 6.45) is 0. The molecule has 0 bridgehead atoms. The van der Waals surface area contributed by atoms with E-state index >= 15 is 0 Å². The molecule has 0 aromatic heterocycles. The third-order valence-corrected chi connectivity index (χ3v) is 2.58. The standard InChI is InChI=1S/C13H10ClF/c1-9-3-2-4-10(7-9)11-5-6-12(14)13(15)8-11/h2-8H,1H3. The molecule has 2 aromatic rings. The van der Waals surface area contributed by atoms with E-state index in [1.165, 1.54) is 6.07 Å². The van der Waals surface area contributed by atoms with Crippen molar-refractivity contribution in [3.8, 4) is 11.1 Å². The van der Waals surface area contributed by atoms with E-state index in [2.05, 4.69) is 0 Å². The number of benzene rings is 2. The van der Waals surface area contributed by atoms with Gasteiger partial charge >= 0.3 is 0 Å².